The third kappa shape index (κ3) is 3.62. The first-order valence-corrected chi connectivity index (χ1v) is 8.81. The number of thiazole rings is 1. The van der Waals surface area contributed by atoms with Gasteiger partial charge in [0.2, 0.25) is 0 Å². The lowest BCUT2D eigenvalue weighted by Crippen LogP contribution is -2.16. The second-order valence-electron chi connectivity index (χ2n) is 5.37. The zero-order valence-electron chi connectivity index (χ0n) is 13.3. The lowest BCUT2D eigenvalue weighted by molar-refractivity contribution is -0.384. The molecular formula is C17H14ClN3O3S. The highest BCUT2D eigenvalue weighted by atomic mass is 35.5. The summed E-state index contributed by atoms with van der Waals surface area (Å²) in [6.45, 7) is 2.69. The minimum absolute atomic E-state index is 0.0213. The van der Waals surface area contributed by atoms with Crippen molar-refractivity contribution in [1.29, 1.82) is 0 Å². The van der Waals surface area contributed by atoms with E-state index in [1.54, 1.807) is 30.3 Å². The number of hydrogen-bond donors (Lipinski definition) is 0. The number of rotatable bonds is 4. The van der Waals surface area contributed by atoms with Crippen molar-refractivity contribution in [2.45, 2.75) is 19.9 Å². The predicted molar refractivity (Wildman–Crippen MR) is 98.1 cm³/mol. The van der Waals surface area contributed by atoms with Crippen LogP contribution in [0.5, 0.6) is 0 Å². The summed E-state index contributed by atoms with van der Waals surface area (Å²) in [5.74, 6) is -0.373. The minimum Gasteiger partial charge on any atom is -0.316 e. The van der Waals surface area contributed by atoms with E-state index in [1.165, 1.54) is 23.5 Å². The molecule has 0 fully saturated rings. The average molecular weight is 376 g/mol. The van der Waals surface area contributed by atoms with E-state index in [0.717, 1.165) is 16.6 Å². The molecule has 0 bridgehead atoms. The normalized spacial score (nSPS) is 11.8. The number of carbonyl (C=O) groups is 1. The van der Waals surface area contributed by atoms with Crippen LogP contribution in [0.25, 0.3) is 10.2 Å². The number of fused-ring (bicyclic) bond motifs is 1. The molecule has 6 nitrogen and oxygen atoms in total. The highest BCUT2D eigenvalue weighted by Gasteiger charge is 2.13. The Morgan fingerprint density at radius 1 is 1.28 bits per heavy atom. The summed E-state index contributed by atoms with van der Waals surface area (Å²) in [6, 6.07) is 11.2. The van der Waals surface area contributed by atoms with Crippen LogP contribution in [0.2, 0.25) is 5.02 Å². The fourth-order valence-corrected chi connectivity index (χ4v) is 3.66. The lowest BCUT2D eigenvalue weighted by Gasteiger charge is -2.02. The summed E-state index contributed by atoms with van der Waals surface area (Å²) in [6.07, 6.45) is 0.852. The van der Waals surface area contributed by atoms with Gasteiger partial charge in [-0.15, -0.1) is 0 Å². The van der Waals surface area contributed by atoms with Crippen molar-refractivity contribution < 1.29 is 9.72 Å². The van der Waals surface area contributed by atoms with Crippen molar-refractivity contribution in [1.82, 2.24) is 4.57 Å². The van der Waals surface area contributed by atoms with E-state index in [2.05, 4.69) is 4.99 Å². The van der Waals surface area contributed by atoms with Crippen LogP contribution < -0.4 is 4.80 Å². The molecule has 128 valence electrons. The Morgan fingerprint density at radius 3 is 2.64 bits per heavy atom. The van der Waals surface area contributed by atoms with E-state index in [1.807, 2.05) is 11.5 Å². The molecule has 1 heterocycles. The van der Waals surface area contributed by atoms with E-state index in [0.29, 0.717) is 21.9 Å². The monoisotopic (exact) mass is 375 g/mol. The van der Waals surface area contributed by atoms with Crippen molar-refractivity contribution in [3.63, 3.8) is 0 Å². The third-order valence-corrected chi connectivity index (χ3v) is 4.91. The van der Waals surface area contributed by atoms with Gasteiger partial charge in [0, 0.05) is 29.3 Å². The van der Waals surface area contributed by atoms with Gasteiger partial charge in [0.15, 0.2) is 4.80 Å². The maximum Gasteiger partial charge on any atom is 0.279 e. The molecule has 0 aliphatic rings. The van der Waals surface area contributed by atoms with Gasteiger partial charge in [-0.2, -0.15) is 4.99 Å². The summed E-state index contributed by atoms with van der Waals surface area (Å²) < 4.78 is 2.64. The number of nitro groups is 1. The molecule has 3 rings (SSSR count). The fourth-order valence-electron chi connectivity index (χ4n) is 2.44. The van der Waals surface area contributed by atoms with Crippen molar-refractivity contribution in [3.8, 4) is 0 Å². The Labute approximate surface area is 152 Å². The standard InChI is InChI=1S/C17H14ClN3O3S/c1-2-9-20-14-8-7-13(21(23)24)10-15(14)25-17(20)19-16(22)11-3-5-12(18)6-4-11/h3-8,10H,2,9H2,1H3. The molecule has 1 amide bonds. The van der Waals surface area contributed by atoms with Crippen LogP contribution in [0.4, 0.5) is 5.69 Å². The number of nitrogens with zero attached hydrogens (tertiary/aromatic N) is 3. The smallest absolute Gasteiger partial charge is 0.279 e. The van der Waals surface area contributed by atoms with Gasteiger partial charge in [-0.05, 0) is 36.8 Å². The maximum absolute atomic E-state index is 12.4. The van der Waals surface area contributed by atoms with Crippen LogP contribution in [0.15, 0.2) is 47.5 Å². The molecule has 0 saturated heterocycles. The number of hydrogen-bond acceptors (Lipinski definition) is 4. The van der Waals surface area contributed by atoms with Gasteiger partial charge in [-0.25, -0.2) is 0 Å². The molecule has 0 radical (unpaired) electrons. The highest BCUT2D eigenvalue weighted by Crippen LogP contribution is 2.23. The number of aryl methyl sites for hydroxylation is 1. The van der Waals surface area contributed by atoms with Gasteiger partial charge in [-0.3, -0.25) is 14.9 Å². The van der Waals surface area contributed by atoms with Gasteiger partial charge in [0.05, 0.1) is 15.1 Å². The average Bonchev–Trinajstić information content (AvgIpc) is 2.92. The van der Waals surface area contributed by atoms with Crippen LogP contribution in [-0.4, -0.2) is 15.4 Å². The molecule has 0 N–H and O–H groups in total. The van der Waals surface area contributed by atoms with Crippen LogP contribution in [0, 0.1) is 10.1 Å². The van der Waals surface area contributed by atoms with Gasteiger partial charge in [0.25, 0.3) is 11.6 Å². The maximum atomic E-state index is 12.4. The topological polar surface area (TPSA) is 77.5 Å². The molecule has 0 atom stereocenters. The van der Waals surface area contributed by atoms with E-state index in [-0.39, 0.29) is 11.6 Å². The fraction of sp³-hybridized carbons (Fsp3) is 0.176. The van der Waals surface area contributed by atoms with Crippen molar-refractivity contribution in [2.75, 3.05) is 0 Å². The SMILES string of the molecule is CCCn1c(=NC(=O)c2ccc(Cl)cc2)sc2cc([N+](=O)[O-])ccc21. The van der Waals surface area contributed by atoms with Gasteiger partial charge >= 0.3 is 0 Å². The highest BCUT2D eigenvalue weighted by molar-refractivity contribution is 7.16. The zero-order valence-corrected chi connectivity index (χ0v) is 14.9. The molecule has 0 spiro atoms. The van der Waals surface area contributed by atoms with Gasteiger partial charge in [0.1, 0.15) is 0 Å². The minimum atomic E-state index is -0.432. The second kappa shape index (κ2) is 7.16. The quantitative estimate of drug-likeness (QED) is 0.500. The number of nitro benzene ring substituents is 1. The number of non-ortho nitro benzene ring substituents is 1. The van der Waals surface area contributed by atoms with Crippen LogP contribution in [0.1, 0.15) is 23.7 Å². The Morgan fingerprint density at radius 2 is 2.00 bits per heavy atom. The molecule has 25 heavy (non-hydrogen) atoms. The summed E-state index contributed by atoms with van der Waals surface area (Å²) in [5, 5.41) is 11.5. The Balaban J connectivity index is 2.13. The summed E-state index contributed by atoms with van der Waals surface area (Å²) in [5.41, 5.74) is 1.30. The Hall–Kier alpha value is -2.51. The largest absolute Gasteiger partial charge is 0.316 e. The molecule has 0 aliphatic heterocycles. The van der Waals surface area contributed by atoms with Crippen LogP contribution in [0.3, 0.4) is 0 Å². The summed E-state index contributed by atoms with van der Waals surface area (Å²) in [7, 11) is 0. The van der Waals surface area contributed by atoms with Crippen molar-refractivity contribution in [2.24, 2.45) is 4.99 Å². The number of aromatic nitrogens is 1. The summed E-state index contributed by atoms with van der Waals surface area (Å²) >= 11 is 7.10. The first-order chi connectivity index (χ1) is 12.0. The molecule has 3 aromatic rings. The molecule has 1 aromatic heterocycles. The third-order valence-electron chi connectivity index (χ3n) is 3.61. The van der Waals surface area contributed by atoms with E-state index < -0.39 is 4.92 Å². The first-order valence-electron chi connectivity index (χ1n) is 7.62. The number of amides is 1. The predicted octanol–water partition coefficient (Wildman–Crippen LogP) is 4.42. The molecule has 0 unspecified atom stereocenters. The van der Waals surface area contributed by atoms with Crippen molar-refractivity contribution >= 4 is 44.7 Å². The molecule has 2 aromatic carbocycles. The molecule has 8 heteroatoms. The van der Waals surface area contributed by atoms with Gasteiger partial charge < -0.3 is 4.57 Å². The van der Waals surface area contributed by atoms with E-state index in [4.69, 9.17) is 11.6 Å². The Bertz CT molecular complexity index is 1020. The molecular weight excluding hydrogens is 362 g/mol. The number of carbonyl (C=O) groups excluding carboxylic acids is 1. The number of halogens is 1. The van der Waals surface area contributed by atoms with E-state index >= 15 is 0 Å². The van der Waals surface area contributed by atoms with Crippen LogP contribution in [-0.2, 0) is 6.54 Å². The molecule has 0 aliphatic carbocycles. The Kier molecular flexibility index (Phi) is 4.96. The number of benzene rings is 2. The van der Waals surface area contributed by atoms with E-state index in [9.17, 15) is 14.9 Å². The first kappa shape index (κ1) is 17.3. The summed E-state index contributed by atoms with van der Waals surface area (Å²) in [4.78, 5) is 27.7. The lowest BCUT2D eigenvalue weighted by atomic mass is 10.2. The second-order valence-corrected chi connectivity index (χ2v) is 6.81. The van der Waals surface area contributed by atoms with Crippen LogP contribution >= 0.6 is 22.9 Å². The van der Waals surface area contributed by atoms with Gasteiger partial charge in [-0.1, -0.05) is 29.9 Å². The van der Waals surface area contributed by atoms with Crippen molar-refractivity contribution in [3.05, 3.63) is 68.0 Å². The molecule has 0 saturated carbocycles. The zero-order chi connectivity index (χ0) is 18.0.